The first kappa shape index (κ1) is 10.4. The van der Waals surface area contributed by atoms with Gasteiger partial charge in [-0.05, 0) is 30.5 Å². The molecule has 0 unspecified atom stereocenters. The third kappa shape index (κ3) is 2.67. The second kappa shape index (κ2) is 4.17. The maximum absolute atomic E-state index is 14.3. The Labute approximate surface area is 89.7 Å². The number of rotatable bonds is 2. The maximum atomic E-state index is 14.3. The fourth-order valence-electron chi connectivity index (χ4n) is 2.33. The van der Waals surface area contributed by atoms with Gasteiger partial charge in [-0.25, -0.2) is 9.37 Å². The number of nitrogens with two attached hydrogens (primary N) is 1. The topological polar surface area (TPSA) is 38.9 Å². The van der Waals surface area contributed by atoms with Crippen molar-refractivity contribution in [2.75, 3.05) is 5.73 Å². The molecular weight excluding hydrogens is 191 g/mol. The molecule has 2 rings (SSSR count). The molecule has 3 heteroatoms. The summed E-state index contributed by atoms with van der Waals surface area (Å²) in [5.74, 6) is 0.479. The normalized spacial score (nSPS) is 20.1. The number of hydrogen-bond donors (Lipinski definition) is 1. The van der Waals surface area contributed by atoms with E-state index in [0.717, 1.165) is 18.4 Å². The van der Waals surface area contributed by atoms with Gasteiger partial charge in [-0.15, -0.1) is 0 Å². The summed E-state index contributed by atoms with van der Waals surface area (Å²) in [6.07, 6.45) is 6.71. The molecule has 1 fully saturated rings. The van der Waals surface area contributed by atoms with Crippen LogP contribution >= 0.6 is 0 Å². The molecule has 2 nitrogen and oxygen atoms in total. The van der Waals surface area contributed by atoms with Gasteiger partial charge in [-0.3, -0.25) is 0 Å². The van der Waals surface area contributed by atoms with Crippen LogP contribution in [0, 0.1) is 0 Å². The zero-order chi connectivity index (χ0) is 10.7. The largest absolute Gasteiger partial charge is 0.384 e. The number of pyridine rings is 1. The molecule has 1 aliphatic carbocycles. The van der Waals surface area contributed by atoms with Crippen molar-refractivity contribution in [3.63, 3.8) is 0 Å². The van der Waals surface area contributed by atoms with E-state index in [2.05, 4.69) is 4.98 Å². The Morgan fingerprint density at radius 3 is 2.73 bits per heavy atom. The molecule has 1 heterocycles. The smallest absolute Gasteiger partial charge is 0.123 e. The van der Waals surface area contributed by atoms with Crippen molar-refractivity contribution >= 4 is 5.82 Å². The van der Waals surface area contributed by atoms with Gasteiger partial charge in [-0.2, -0.15) is 0 Å². The molecule has 2 N–H and O–H groups in total. The molecule has 1 aromatic heterocycles. The van der Waals surface area contributed by atoms with Crippen LogP contribution in [0.3, 0.4) is 0 Å². The average Bonchev–Trinajstić information content (AvgIpc) is 2.18. The number of nitrogens with zero attached hydrogens (tertiary/aromatic N) is 1. The van der Waals surface area contributed by atoms with Crippen molar-refractivity contribution in [1.29, 1.82) is 0 Å². The Morgan fingerprint density at radius 2 is 2.07 bits per heavy atom. The second-order valence-electron chi connectivity index (χ2n) is 4.48. The molecule has 0 radical (unpaired) electrons. The number of anilines is 1. The molecule has 1 aromatic rings. The van der Waals surface area contributed by atoms with E-state index in [4.69, 9.17) is 5.73 Å². The van der Waals surface area contributed by atoms with Crippen LogP contribution in [0.1, 0.15) is 37.7 Å². The first-order valence-electron chi connectivity index (χ1n) is 5.57. The van der Waals surface area contributed by atoms with E-state index >= 15 is 0 Å². The summed E-state index contributed by atoms with van der Waals surface area (Å²) in [6.45, 7) is 0. The Hall–Kier alpha value is -1.12. The fourth-order valence-corrected chi connectivity index (χ4v) is 2.33. The molecule has 0 spiro atoms. The van der Waals surface area contributed by atoms with Crippen LogP contribution in [-0.4, -0.2) is 10.7 Å². The Balaban J connectivity index is 2.06. The predicted octanol–water partition coefficient (Wildman–Crippen LogP) is 2.88. The van der Waals surface area contributed by atoms with Crippen molar-refractivity contribution < 1.29 is 4.39 Å². The van der Waals surface area contributed by atoms with E-state index in [9.17, 15) is 4.39 Å². The van der Waals surface area contributed by atoms with E-state index in [1.54, 1.807) is 12.3 Å². The van der Waals surface area contributed by atoms with Gasteiger partial charge >= 0.3 is 0 Å². The number of nitrogen functional groups attached to an aromatic ring is 1. The molecule has 0 bridgehead atoms. The zero-order valence-corrected chi connectivity index (χ0v) is 8.88. The minimum absolute atomic E-state index is 0.479. The lowest BCUT2D eigenvalue weighted by molar-refractivity contribution is 0.107. The van der Waals surface area contributed by atoms with Crippen LogP contribution in [0.4, 0.5) is 10.2 Å². The summed E-state index contributed by atoms with van der Waals surface area (Å²) < 4.78 is 14.3. The van der Waals surface area contributed by atoms with Crippen LogP contribution < -0.4 is 5.73 Å². The SMILES string of the molecule is Nc1cc(CC2(F)CCCCC2)ccn1. The number of alkyl halides is 1. The van der Waals surface area contributed by atoms with Gasteiger partial charge in [0.25, 0.3) is 0 Å². The average molecular weight is 208 g/mol. The lowest BCUT2D eigenvalue weighted by Gasteiger charge is -2.29. The molecule has 0 aromatic carbocycles. The van der Waals surface area contributed by atoms with Gasteiger partial charge in [0.15, 0.2) is 0 Å². The highest BCUT2D eigenvalue weighted by Gasteiger charge is 2.31. The van der Waals surface area contributed by atoms with Gasteiger partial charge in [0, 0.05) is 12.6 Å². The summed E-state index contributed by atoms with van der Waals surface area (Å²) in [5, 5.41) is 0. The van der Waals surface area contributed by atoms with E-state index in [0.29, 0.717) is 25.1 Å². The summed E-state index contributed by atoms with van der Waals surface area (Å²) in [5.41, 5.74) is 5.53. The summed E-state index contributed by atoms with van der Waals surface area (Å²) >= 11 is 0. The number of halogens is 1. The van der Waals surface area contributed by atoms with E-state index in [-0.39, 0.29) is 0 Å². The molecule has 0 amide bonds. The summed E-state index contributed by atoms with van der Waals surface area (Å²) in [4.78, 5) is 3.91. The second-order valence-corrected chi connectivity index (χ2v) is 4.48. The van der Waals surface area contributed by atoms with Crippen LogP contribution in [0.2, 0.25) is 0 Å². The zero-order valence-electron chi connectivity index (χ0n) is 8.88. The van der Waals surface area contributed by atoms with Gasteiger partial charge in [0.05, 0.1) is 0 Å². The third-order valence-corrected chi connectivity index (χ3v) is 3.12. The third-order valence-electron chi connectivity index (χ3n) is 3.12. The quantitative estimate of drug-likeness (QED) is 0.811. The lowest BCUT2D eigenvalue weighted by atomic mass is 9.82. The lowest BCUT2D eigenvalue weighted by Crippen LogP contribution is -2.28. The molecule has 82 valence electrons. The van der Waals surface area contributed by atoms with Crippen LogP contribution in [0.15, 0.2) is 18.3 Å². The Morgan fingerprint density at radius 1 is 1.33 bits per heavy atom. The monoisotopic (exact) mass is 208 g/mol. The fraction of sp³-hybridized carbons (Fsp3) is 0.583. The molecular formula is C12H17FN2. The predicted molar refractivity (Wildman–Crippen MR) is 59.3 cm³/mol. The highest BCUT2D eigenvalue weighted by atomic mass is 19.1. The van der Waals surface area contributed by atoms with Crippen molar-refractivity contribution in [2.24, 2.45) is 0 Å². The summed E-state index contributed by atoms with van der Waals surface area (Å²) in [6, 6.07) is 3.63. The van der Waals surface area contributed by atoms with Crippen molar-refractivity contribution in [3.05, 3.63) is 23.9 Å². The van der Waals surface area contributed by atoms with Crippen LogP contribution in [0.5, 0.6) is 0 Å². The minimum Gasteiger partial charge on any atom is -0.384 e. The van der Waals surface area contributed by atoms with Crippen molar-refractivity contribution in [2.45, 2.75) is 44.2 Å². The van der Waals surface area contributed by atoms with E-state index in [1.165, 1.54) is 6.42 Å². The molecule has 1 saturated carbocycles. The number of aromatic nitrogens is 1. The van der Waals surface area contributed by atoms with Gasteiger partial charge in [0.1, 0.15) is 11.5 Å². The molecule has 15 heavy (non-hydrogen) atoms. The van der Waals surface area contributed by atoms with Crippen molar-refractivity contribution in [3.8, 4) is 0 Å². The summed E-state index contributed by atoms with van der Waals surface area (Å²) in [7, 11) is 0. The van der Waals surface area contributed by atoms with Crippen LogP contribution in [0.25, 0.3) is 0 Å². The standard InChI is InChI=1S/C12H17FN2/c13-12(5-2-1-3-6-12)9-10-4-7-15-11(14)8-10/h4,7-8H,1-3,5-6,9H2,(H2,14,15). The Kier molecular flexibility index (Phi) is 2.89. The van der Waals surface area contributed by atoms with Gasteiger partial charge in [-0.1, -0.05) is 19.3 Å². The highest BCUT2D eigenvalue weighted by Crippen LogP contribution is 2.34. The van der Waals surface area contributed by atoms with E-state index < -0.39 is 5.67 Å². The molecule has 0 saturated heterocycles. The molecule has 0 aliphatic heterocycles. The number of hydrogen-bond acceptors (Lipinski definition) is 2. The molecule has 1 aliphatic rings. The van der Waals surface area contributed by atoms with Gasteiger partial charge < -0.3 is 5.73 Å². The van der Waals surface area contributed by atoms with Crippen LogP contribution in [-0.2, 0) is 6.42 Å². The minimum atomic E-state index is -1.01. The first-order valence-corrected chi connectivity index (χ1v) is 5.57. The van der Waals surface area contributed by atoms with Crippen molar-refractivity contribution in [1.82, 2.24) is 4.98 Å². The highest BCUT2D eigenvalue weighted by molar-refractivity contribution is 5.32. The first-order chi connectivity index (χ1) is 7.18. The maximum Gasteiger partial charge on any atom is 0.123 e. The molecule has 0 atom stereocenters. The van der Waals surface area contributed by atoms with Gasteiger partial charge in [0.2, 0.25) is 0 Å². The van der Waals surface area contributed by atoms with E-state index in [1.807, 2.05) is 6.07 Å². The Bertz CT molecular complexity index is 332.